The number of anilines is 1. The van der Waals surface area contributed by atoms with Crippen LogP contribution in [-0.4, -0.2) is 20.6 Å². The summed E-state index contributed by atoms with van der Waals surface area (Å²) in [5.41, 5.74) is 2.15. The highest BCUT2D eigenvalue weighted by Crippen LogP contribution is 2.19. The van der Waals surface area contributed by atoms with E-state index in [4.69, 9.17) is 4.52 Å². The Morgan fingerprint density at radius 2 is 2.07 bits per heavy atom. The molecule has 2 heterocycles. The van der Waals surface area contributed by atoms with E-state index < -0.39 is 0 Å². The Bertz CT molecular complexity index is 1000. The van der Waals surface area contributed by atoms with Gasteiger partial charge in [-0.2, -0.15) is 4.98 Å². The molecule has 0 saturated heterocycles. The number of hydrogen-bond acceptors (Lipinski definition) is 5. The number of carbonyl (C=O) groups excluding carboxylic acids is 1. The summed E-state index contributed by atoms with van der Waals surface area (Å²) in [7, 11) is 0. The van der Waals surface area contributed by atoms with E-state index in [1.165, 1.54) is 10.6 Å². The number of aryl methyl sites for hydroxylation is 1. The Morgan fingerprint density at radius 1 is 1.26 bits per heavy atom. The van der Waals surface area contributed by atoms with Gasteiger partial charge in [0, 0.05) is 23.9 Å². The van der Waals surface area contributed by atoms with Crippen LogP contribution < -0.4 is 10.9 Å². The van der Waals surface area contributed by atoms with Crippen molar-refractivity contribution in [2.75, 3.05) is 5.32 Å². The van der Waals surface area contributed by atoms with Gasteiger partial charge in [-0.05, 0) is 30.2 Å². The lowest BCUT2D eigenvalue weighted by Crippen LogP contribution is -2.26. The molecule has 0 unspecified atom stereocenters. The second kappa shape index (κ2) is 7.99. The van der Waals surface area contributed by atoms with Crippen molar-refractivity contribution >= 4 is 11.6 Å². The molecular formula is C20H22N4O3. The van der Waals surface area contributed by atoms with Gasteiger partial charge in [0.2, 0.25) is 5.91 Å². The lowest BCUT2D eigenvalue weighted by molar-refractivity contribution is -0.116. The first-order valence-corrected chi connectivity index (χ1v) is 8.89. The van der Waals surface area contributed by atoms with Gasteiger partial charge in [0.15, 0.2) is 5.82 Å². The first-order valence-electron chi connectivity index (χ1n) is 8.89. The van der Waals surface area contributed by atoms with Crippen molar-refractivity contribution < 1.29 is 9.32 Å². The molecule has 1 N–H and O–H groups in total. The third-order valence-electron chi connectivity index (χ3n) is 4.12. The topological polar surface area (TPSA) is 90.0 Å². The summed E-state index contributed by atoms with van der Waals surface area (Å²) >= 11 is 0. The fourth-order valence-electron chi connectivity index (χ4n) is 2.59. The fraction of sp³-hybridized carbons (Fsp3) is 0.300. The van der Waals surface area contributed by atoms with Crippen LogP contribution in [0.2, 0.25) is 0 Å². The number of pyridine rings is 1. The van der Waals surface area contributed by atoms with Crippen molar-refractivity contribution in [3.05, 3.63) is 64.3 Å². The van der Waals surface area contributed by atoms with E-state index >= 15 is 0 Å². The normalized spacial score (nSPS) is 11.0. The number of carbonyl (C=O) groups is 1. The third-order valence-corrected chi connectivity index (χ3v) is 4.12. The zero-order valence-electron chi connectivity index (χ0n) is 15.6. The SMILES string of the molecule is CCc1cccc(NC(=O)Cn2cc(-c3nc(C(C)C)no3)ccc2=O)c1. The largest absolute Gasteiger partial charge is 0.334 e. The Hall–Kier alpha value is -3.22. The van der Waals surface area contributed by atoms with E-state index in [-0.39, 0.29) is 23.9 Å². The molecule has 7 heteroatoms. The molecule has 0 radical (unpaired) electrons. The molecule has 0 fully saturated rings. The maximum atomic E-state index is 12.4. The molecule has 3 aromatic rings. The lowest BCUT2D eigenvalue weighted by atomic mass is 10.1. The van der Waals surface area contributed by atoms with Gasteiger partial charge in [0.05, 0.1) is 5.56 Å². The van der Waals surface area contributed by atoms with Crippen LogP contribution in [0, 0.1) is 0 Å². The molecule has 7 nitrogen and oxygen atoms in total. The summed E-state index contributed by atoms with van der Waals surface area (Å²) in [5.74, 6) is 0.772. The second-order valence-corrected chi connectivity index (χ2v) is 6.60. The summed E-state index contributed by atoms with van der Waals surface area (Å²) in [6.07, 6.45) is 2.44. The van der Waals surface area contributed by atoms with Gasteiger partial charge in [-0.25, -0.2) is 0 Å². The van der Waals surface area contributed by atoms with Gasteiger partial charge < -0.3 is 14.4 Å². The summed E-state index contributed by atoms with van der Waals surface area (Å²) in [4.78, 5) is 28.8. The van der Waals surface area contributed by atoms with Crippen molar-refractivity contribution in [3.63, 3.8) is 0 Å². The number of hydrogen-bond donors (Lipinski definition) is 1. The van der Waals surface area contributed by atoms with Crippen molar-refractivity contribution in [1.82, 2.24) is 14.7 Å². The molecule has 27 heavy (non-hydrogen) atoms. The van der Waals surface area contributed by atoms with Gasteiger partial charge in [0.1, 0.15) is 6.54 Å². The van der Waals surface area contributed by atoms with Crippen LogP contribution in [0.1, 0.15) is 38.1 Å². The molecular weight excluding hydrogens is 344 g/mol. The van der Waals surface area contributed by atoms with Crippen LogP contribution in [0.5, 0.6) is 0 Å². The molecule has 3 rings (SSSR count). The van der Waals surface area contributed by atoms with E-state index in [0.29, 0.717) is 23.0 Å². The standard InChI is InChI=1S/C20H22N4O3/c1-4-14-6-5-7-16(10-14)21-17(25)12-24-11-15(8-9-18(24)26)20-22-19(13(2)3)23-27-20/h5-11,13H,4,12H2,1-3H3,(H,21,25). The highest BCUT2D eigenvalue weighted by Gasteiger charge is 2.13. The number of aromatic nitrogens is 3. The van der Waals surface area contributed by atoms with Crippen LogP contribution in [0.15, 0.2) is 51.9 Å². The minimum atomic E-state index is -0.282. The summed E-state index contributed by atoms with van der Waals surface area (Å²) in [6.45, 7) is 5.88. The fourth-order valence-corrected chi connectivity index (χ4v) is 2.59. The zero-order chi connectivity index (χ0) is 19.4. The van der Waals surface area contributed by atoms with Crippen LogP contribution >= 0.6 is 0 Å². The van der Waals surface area contributed by atoms with Gasteiger partial charge in [0.25, 0.3) is 11.4 Å². The van der Waals surface area contributed by atoms with Gasteiger partial charge in [-0.3, -0.25) is 9.59 Å². The summed E-state index contributed by atoms with van der Waals surface area (Å²) in [6, 6.07) is 10.6. The van der Waals surface area contributed by atoms with Gasteiger partial charge in [-0.1, -0.05) is 38.1 Å². The highest BCUT2D eigenvalue weighted by molar-refractivity contribution is 5.90. The summed E-state index contributed by atoms with van der Waals surface area (Å²) in [5, 5.41) is 6.75. The van der Waals surface area contributed by atoms with Crippen LogP contribution in [0.4, 0.5) is 5.69 Å². The van der Waals surface area contributed by atoms with Crippen molar-refractivity contribution in [2.24, 2.45) is 0 Å². The predicted molar refractivity (Wildman–Crippen MR) is 103 cm³/mol. The minimum absolute atomic E-state index is 0.103. The molecule has 0 aliphatic rings. The first kappa shape index (κ1) is 18.6. The number of nitrogens with one attached hydrogen (secondary N) is 1. The predicted octanol–water partition coefficient (Wildman–Crippen LogP) is 3.22. The molecule has 0 bridgehead atoms. The molecule has 1 aromatic carbocycles. The number of rotatable bonds is 6. The average molecular weight is 366 g/mol. The Labute approximate surface area is 157 Å². The van der Waals surface area contributed by atoms with E-state index in [1.807, 2.05) is 45.0 Å². The molecule has 0 atom stereocenters. The summed E-state index contributed by atoms with van der Waals surface area (Å²) < 4.78 is 6.58. The number of benzene rings is 1. The van der Waals surface area contributed by atoms with Gasteiger partial charge in [-0.15, -0.1) is 0 Å². The quantitative estimate of drug-likeness (QED) is 0.723. The second-order valence-electron chi connectivity index (χ2n) is 6.60. The monoisotopic (exact) mass is 366 g/mol. The van der Waals surface area contributed by atoms with E-state index in [9.17, 15) is 9.59 Å². The Morgan fingerprint density at radius 3 is 2.78 bits per heavy atom. The maximum absolute atomic E-state index is 12.4. The van der Waals surface area contributed by atoms with Crippen molar-refractivity contribution in [1.29, 1.82) is 0 Å². The number of amides is 1. The molecule has 1 amide bonds. The Balaban J connectivity index is 1.77. The highest BCUT2D eigenvalue weighted by atomic mass is 16.5. The average Bonchev–Trinajstić information content (AvgIpc) is 3.14. The van der Waals surface area contributed by atoms with Crippen LogP contribution in [-0.2, 0) is 17.8 Å². The van der Waals surface area contributed by atoms with E-state index in [2.05, 4.69) is 15.5 Å². The molecule has 2 aromatic heterocycles. The zero-order valence-corrected chi connectivity index (χ0v) is 15.6. The van der Waals surface area contributed by atoms with E-state index in [0.717, 1.165) is 12.0 Å². The molecule has 0 saturated carbocycles. The first-order chi connectivity index (χ1) is 13.0. The molecule has 140 valence electrons. The minimum Gasteiger partial charge on any atom is -0.334 e. The molecule has 0 aliphatic carbocycles. The lowest BCUT2D eigenvalue weighted by Gasteiger charge is -2.09. The smallest absolute Gasteiger partial charge is 0.259 e. The van der Waals surface area contributed by atoms with E-state index in [1.54, 1.807) is 12.3 Å². The molecule has 0 aliphatic heterocycles. The maximum Gasteiger partial charge on any atom is 0.259 e. The van der Waals surface area contributed by atoms with Crippen LogP contribution in [0.25, 0.3) is 11.5 Å². The third kappa shape index (κ3) is 4.49. The molecule has 0 spiro atoms. The number of nitrogens with zero attached hydrogens (tertiary/aromatic N) is 3. The Kier molecular flexibility index (Phi) is 5.49. The van der Waals surface area contributed by atoms with Crippen molar-refractivity contribution in [3.8, 4) is 11.5 Å². The van der Waals surface area contributed by atoms with Crippen molar-refractivity contribution in [2.45, 2.75) is 39.7 Å². The van der Waals surface area contributed by atoms with Gasteiger partial charge >= 0.3 is 0 Å². The van der Waals surface area contributed by atoms with Crippen LogP contribution in [0.3, 0.4) is 0 Å².